The molecule has 0 fully saturated rings. The van der Waals surface area contributed by atoms with Gasteiger partial charge in [0.15, 0.2) is 6.29 Å². The van der Waals surface area contributed by atoms with E-state index in [-0.39, 0.29) is 23.4 Å². The zero-order chi connectivity index (χ0) is 16.5. The number of pyridine rings is 2. The number of carbonyl (C=O) groups excluding carboxylic acids is 1. The van der Waals surface area contributed by atoms with Crippen LogP contribution < -0.4 is 10.3 Å². The number of methoxy groups -OCH3 is 1. The molecule has 0 aliphatic heterocycles. The first-order chi connectivity index (χ1) is 10.3. The van der Waals surface area contributed by atoms with Gasteiger partial charge >= 0.3 is 6.18 Å². The van der Waals surface area contributed by atoms with Crippen molar-refractivity contribution in [3.63, 3.8) is 0 Å². The van der Waals surface area contributed by atoms with Crippen molar-refractivity contribution < 1.29 is 22.7 Å². The molecule has 22 heavy (non-hydrogen) atoms. The summed E-state index contributed by atoms with van der Waals surface area (Å²) in [5, 5.41) is 0. The lowest BCUT2D eigenvalue weighted by molar-refractivity contribution is -0.142. The number of alkyl halides is 3. The molecule has 116 valence electrons. The Kier molecular flexibility index (Phi) is 4.03. The minimum Gasteiger partial charge on any atom is -0.481 e. The fourth-order valence-corrected chi connectivity index (χ4v) is 1.97. The van der Waals surface area contributed by atoms with Gasteiger partial charge in [-0.1, -0.05) is 0 Å². The molecule has 2 rings (SSSR count). The van der Waals surface area contributed by atoms with Crippen LogP contribution in [-0.2, 0) is 6.18 Å². The summed E-state index contributed by atoms with van der Waals surface area (Å²) in [7, 11) is 1.36. The maximum absolute atomic E-state index is 13.1. The first-order valence-corrected chi connectivity index (χ1v) is 6.09. The van der Waals surface area contributed by atoms with Crippen molar-refractivity contribution >= 4 is 6.29 Å². The Hall–Kier alpha value is -2.64. The Morgan fingerprint density at radius 3 is 2.50 bits per heavy atom. The normalized spacial score (nSPS) is 11.3. The van der Waals surface area contributed by atoms with Gasteiger partial charge < -0.3 is 4.74 Å². The van der Waals surface area contributed by atoms with Crippen LogP contribution in [0.5, 0.6) is 5.88 Å². The van der Waals surface area contributed by atoms with Crippen LogP contribution in [0.15, 0.2) is 29.2 Å². The molecule has 0 aromatic carbocycles. The zero-order valence-corrected chi connectivity index (χ0v) is 11.6. The first-order valence-electron chi connectivity index (χ1n) is 6.09. The van der Waals surface area contributed by atoms with Crippen LogP contribution in [0.4, 0.5) is 13.2 Å². The molecule has 5 nitrogen and oxygen atoms in total. The van der Waals surface area contributed by atoms with Gasteiger partial charge in [0.2, 0.25) is 5.88 Å². The van der Waals surface area contributed by atoms with Crippen LogP contribution in [0.3, 0.4) is 0 Å². The SMILES string of the molecule is COc1cc(C)c(-n2c(C(F)(F)F)ccc(C=O)c2=O)cn1. The highest BCUT2D eigenvalue weighted by atomic mass is 19.4. The van der Waals surface area contributed by atoms with Gasteiger partial charge in [-0.25, -0.2) is 4.98 Å². The summed E-state index contributed by atoms with van der Waals surface area (Å²) >= 11 is 0. The smallest absolute Gasteiger partial charge is 0.431 e. The molecule has 0 spiro atoms. The Morgan fingerprint density at radius 1 is 1.32 bits per heavy atom. The molecule has 0 unspecified atom stereocenters. The second kappa shape index (κ2) is 5.63. The number of carbonyl (C=O) groups is 1. The summed E-state index contributed by atoms with van der Waals surface area (Å²) in [5.41, 5.74) is -2.33. The lowest BCUT2D eigenvalue weighted by Crippen LogP contribution is -2.29. The van der Waals surface area contributed by atoms with E-state index in [2.05, 4.69) is 4.98 Å². The van der Waals surface area contributed by atoms with Crippen LogP contribution in [0.1, 0.15) is 21.6 Å². The molecule has 0 radical (unpaired) electrons. The van der Waals surface area contributed by atoms with Crippen molar-refractivity contribution in [1.82, 2.24) is 9.55 Å². The Bertz CT molecular complexity index is 782. The summed E-state index contributed by atoms with van der Waals surface area (Å²) in [5.74, 6) is 0.203. The fourth-order valence-electron chi connectivity index (χ4n) is 1.97. The Labute approximate surface area is 123 Å². The highest BCUT2D eigenvalue weighted by molar-refractivity contribution is 5.74. The lowest BCUT2D eigenvalue weighted by Gasteiger charge is -2.17. The van der Waals surface area contributed by atoms with Crippen molar-refractivity contribution in [1.29, 1.82) is 0 Å². The number of hydrogen-bond donors (Lipinski definition) is 0. The van der Waals surface area contributed by atoms with Crippen LogP contribution in [-0.4, -0.2) is 22.9 Å². The fraction of sp³-hybridized carbons (Fsp3) is 0.214. The highest BCUT2D eigenvalue weighted by Crippen LogP contribution is 2.31. The molecule has 0 saturated heterocycles. The molecule has 8 heteroatoms. The first kappa shape index (κ1) is 15.7. The van der Waals surface area contributed by atoms with E-state index in [0.717, 1.165) is 12.3 Å². The van der Waals surface area contributed by atoms with E-state index in [4.69, 9.17) is 4.74 Å². The molecule has 0 amide bonds. The largest absolute Gasteiger partial charge is 0.481 e. The summed E-state index contributed by atoms with van der Waals surface area (Å²) in [6, 6.07) is 2.94. The third-order valence-electron chi connectivity index (χ3n) is 3.04. The number of rotatable bonds is 3. The second-order valence-electron chi connectivity index (χ2n) is 4.44. The van der Waals surface area contributed by atoms with E-state index in [1.165, 1.54) is 20.1 Å². The maximum Gasteiger partial charge on any atom is 0.431 e. The van der Waals surface area contributed by atoms with Crippen molar-refractivity contribution in [3.8, 4) is 11.6 Å². The van der Waals surface area contributed by atoms with Crippen molar-refractivity contribution in [2.45, 2.75) is 13.1 Å². The monoisotopic (exact) mass is 312 g/mol. The van der Waals surface area contributed by atoms with E-state index in [1.54, 1.807) is 0 Å². The van der Waals surface area contributed by atoms with Gasteiger partial charge in [-0.2, -0.15) is 13.2 Å². The number of aryl methyl sites for hydroxylation is 1. The molecule has 2 heterocycles. The number of aromatic nitrogens is 2. The summed E-state index contributed by atoms with van der Waals surface area (Å²) in [6.07, 6.45) is -3.45. The highest BCUT2D eigenvalue weighted by Gasteiger charge is 2.35. The van der Waals surface area contributed by atoms with Gasteiger partial charge in [-0.3, -0.25) is 14.2 Å². The van der Waals surface area contributed by atoms with E-state index in [0.29, 0.717) is 16.2 Å². The van der Waals surface area contributed by atoms with Crippen LogP contribution in [0, 0.1) is 6.92 Å². The lowest BCUT2D eigenvalue weighted by atomic mass is 10.2. The van der Waals surface area contributed by atoms with Crippen LogP contribution in [0.25, 0.3) is 5.69 Å². The topological polar surface area (TPSA) is 61.2 Å². The number of aldehydes is 1. The molecule has 2 aromatic rings. The quantitative estimate of drug-likeness (QED) is 0.816. The molecule has 0 saturated carbocycles. The Balaban J connectivity index is 2.83. The van der Waals surface area contributed by atoms with Crippen molar-refractivity contribution in [2.24, 2.45) is 0 Å². The van der Waals surface area contributed by atoms with Crippen molar-refractivity contribution in [2.75, 3.05) is 7.11 Å². The summed E-state index contributed by atoms with van der Waals surface area (Å²) in [4.78, 5) is 26.8. The van der Waals surface area contributed by atoms with E-state index in [1.807, 2.05) is 0 Å². The third kappa shape index (κ3) is 2.72. The van der Waals surface area contributed by atoms with Crippen LogP contribution in [0.2, 0.25) is 0 Å². The Morgan fingerprint density at radius 2 is 2.00 bits per heavy atom. The molecule has 0 atom stereocenters. The maximum atomic E-state index is 13.1. The minimum atomic E-state index is -4.76. The van der Waals surface area contributed by atoms with Gasteiger partial charge in [0.1, 0.15) is 5.69 Å². The number of ether oxygens (including phenoxy) is 1. The predicted octanol–water partition coefficient (Wildman–Crippen LogP) is 2.38. The molecule has 0 aliphatic rings. The van der Waals surface area contributed by atoms with Gasteiger partial charge in [0.25, 0.3) is 5.56 Å². The van der Waals surface area contributed by atoms with Gasteiger partial charge in [0, 0.05) is 6.07 Å². The standard InChI is InChI=1S/C14H11F3N2O3/c1-8-5-12(22-2)18-6-10(8)19-11(14(15,16)17)4-3-9(7-20)13(19)21/h3-7H,1-2H3. The van der Waals surface area contributed by atoms with Crippen LogP contribution >= 0.6 is 0 Å². The number of hydrogen-bond acceptors (Lipinski definition) is 4. The van der Waals surface area contributed by atoms with Gasteiger partial charge in [-0.05, 0) is 24.6 Å². The molecule has 0 bridgehead atoms. The number of nitrogens with zero attached hydrogens (tertiary/aromatic N) is 2. The molecular formula is C14H11F3N2O3. The van der Waals surface area contributed by atoms with Gasteiger partial charge in [0.05, 0.1) is 24.6 Å². The molecular weight excluding hydrogens is 301 g/mol. The predicted molar refractivity (Wildman–Crippen MR) is 71.5 cm³/mol. The molecule has 0 aliphatic carbocycles. The average Bonchev–Trinajstić information content (AvgIpc) is 2.46. The third-order valence-corrected chi connectivity index (χ3v) is 3.04. The van der Waals surface area contributed by atoms with E-state index in [9.17, 15) is 22.8 Å². The molecule has 0 N–H and O–H groups in total. The van der Waals surface area contributed by atoms with E-state index >= 15 is 0 Å². The second-order valence-corrected chi connectivity index (χ2v) is 4.44. The van der Waals surface area contributed by atoms with E-state index < -0.39 is 17.4 Å². The molecule has 2 aromatic heterocycles. The zero-order valence-electron chi connectivity index (χ0n) is 11.6. The summed E-state index contributed by atoms with van der Waals surface area (Å²) < 4.78 is 44.7. The minimum absolute atomic E-state index is 0.0678. The summed E-state index contributed by atoms with van der Waals surface area (Å²) in [6.45, 7) is 1.51. The van der Waals surface area contributed by atoms with Gasteiger partial charge in [-0.15, -0.1) is 0 Å². The van der Waals surface area contributed by atoms with Crippen molar-refractivity contribution in [3.05, 3.63) is 51.6 Å². The number of halogens is 3. The average molecular weight is 312 g/mol.